The fourth-order valence-corrected chi connectivity index (χ4v) is 0.741. The summed E-state index contributed by atoms with van der Waals surface area (Å²) in [6, 6.07) is 0. The summed E-state index contributed by atoms with van der Waals surface area (Å²) in [6.07, 6.45) is 2.33. The van der Waals surface area contributed by atoms with Crippen LogP contribution in [-0.4, -0.2) is 29.4 Å². The zero-order chi connectivity index (χ0) is 7.11. The Morgan fingerprint density at radius 1 is 1.44 bits per heavy atom. The Balaban J connectivity index is 3.18. The highest BCUT2D eigenvalue weighted by Crippen LogP contribution is 2.08. The quantitative estimate of drug-likeness (QED) is 0.490. The van der Waals surface area contributed by atoms with Gasteiger partial charge in [-0.25, -0.2) is 0 Å². The first-order valence-corrected chi connectivity index (χ1v) is 3.24. The van der Waals surface area contributed by atoms with Crippen molar-refractivity contribution >= 4 is 15.7 Å². The zero-order valence-corrected chi connectivity index (χ0v) is 5.97. The molecule has 1 unspecified atom stereocenters. The summed E-state index contributed by atoms with van der Waals surface area (Å²) in [4.78, 5) is 0. The number of hydrogen-bond acceptors (Lipinski definition) is 1. The molecular weight excluding hydrogens is 110 g/mol. The number of hydrogen-bond donors (Lipinski definition) is 0. The van der Waals surface area contributed by atoms with Crippen molar-refractivity contribution < 1.29 is 4.74 Å². The van der Waals surface area contributed by atoms with Gasteiger partial charge in [0.2, 0.25) is 0 Å². The molecule has 0 aliphatic rings. The monoisotopic (exact) mass is 122 g/mol. The molecule has 0 saturated heterocycles. The van der Waals surface area contributed by atoms with Crippen molar-refractivity contribution in [1.29, 1.82) is 0 Å². The van der Waals surface area contributed by atoms with E-state index in [4.69, 9.17) is 20.4 Å². The summed E-state index contributed by atoms with van der Waals surface area (Å²) in [6.45, 7) is 0.730. The molecule has 0 bridgehead atoms. The lowest BCUT2D eigenvalue weighted by atomic mass is 9.85. The van der Waals surface area contributed by atoms with Crippen LogP contribution in [0.4, 0.5) is 0 Å². The van der Waals surface area contributed by atoms with Crippen molar-refractivity contribution in [1.82, 2.24) is 0 Å². The van der Waals surface area contributed by atoms with E-state index in [2.05, 4.69) is 0 Å². The van der Waals surface area contributed by atoms with Crippen LogP contribution in [0.15, 0.2) is 0 Å². The smallest absolute Gasteiger partial charge is 0.0657 e. The molecule has 0 amide bonds. The largest absolute Gasteiger partial charge is 0.384 e. The van der Waals surface area contributed by atoms with Crippen LogP contribution in [0.25, 0.3) is 0 Å². The first kappa shape index (κ1) is 9.09. The standard InChI is InChI=1S/C6H12B2O/c1-9-5-6(4-8)2-3-7/h6H,2-5H2,1H3. The highest BCUT2D eigenvalue weighted by molar-refractivity contribution is 6.09. The summed E-state index contributed by atoms with van der Waals surface area (Å²) in [5.74, 6) is 0.444. The molecule has 48 valence electrons. The molecular formula is C6H12B2O. The SMILES string of the molecule is [B]CCC(C[B])COC. The van der Waals surface area contributed by atoms with Crippen molar-refractivity contribution in [2.45, 2.75) is 19.1 Å². The van der Waals surface area contributed by atoms with Gasteiger partial charge in [0.15, 0.2) is 0 Å². The Labute approximate surface area is 60.0 Å². The maximum atomic E-state index is 5.41. The van der Waals surface area contributed by atoms with Crippen LogP contribution in [0, 0.1) is 5.92 Å². The Morgan fingerprint density at radius 3 is 2.44 bits per heavy atom. The first-order valence-electron chi connectivity index (χ1n) is 3.24. The van der Waals surface area contributed by atoms with E-state index in [1.54, 1.807) is 7.11 Å². The molecule has 3 heteroatoms. The Kier molecular flexibility index (Phi) is 6.28. The van der Waals surface area contributed by atoms with Crippen molar-refractivity contribution in [3.05, 3.63) is 0 Å². The second kappa shape index (κ2) is 6.21. The predicted molar refractivity (Wildman–Crippen MR) is 41.1 cm³/mol. The van der Waals surface area contributed by atoms with Gasteiger partial charge in [0.25, 0.3) is 0 Å². The van der Waals surface area contributed by atoms with Gasteiger partial charge in [0.1, 0.15) is 0 Å². The van der Waals surface area contributed by atoms with Crippen molar-refractivity contribution in [3.63, 3.8) is 0 Å². The molecule has 0 fully saturated rings. The second-order valence-electron chi connectivity index (χ2n) is 2.13. The topological polar surface area (TPSA) is 9.23 Å². The minimum absolute atomic E-state index is 0.444. The van der Waals surface area contributed by atoms with Crippen LogP contribution in [0.2, 0.25) is 12.6 Å². The van der Waals surface area contributed by atoms with Gasteiger partial charge in [-0.05, 0) is 5.92 Å². The third-order valence-electron chi connectivity index (χ3n) is 1.31. The molecule has 0 aromatic heterocycles. The fraction of sp³-hybridized carbons (Fsp3) is 1.00. The summed E-state index contributed by atoms with van der Waals surface area (Å²) in [7, 11) is 12.4. The minimum Gasteiger partial charge on any atom is -0.384 e. The van der Waals surface area contributed by atoms with Gasteiger partial charge in [-0.3, -0.25) is 0 Å². The van der Waals surface area contributed by atoms with E-state index in [1.807, 2.05) is 0 Å². The van der Waals surface area contributed by atoms with Crippen LogP contribution < -0.4 is 0 Å². The second-order valence-corrected chi connectivity index (χ2v) is 2.13. The fourth-order valence-electron chi connectivity index (χ4n) is 0.741. The van der Waals surface area contributed by atoms with Gasteiger partial charge in [-0.15, -0.1) is 0 Å². The van der Waals surface area contributed by atoms with E-state index in [0.29, 0.717) is 18.6 Å². The molecule has 4 radical (unpaired) electrons. The van der Waals surface area contributed by atoms with Crippen molar-refractivity contribution in [2.24, 2.45) is 5.92 Å². The molecule has 9 heavy (non-hydrogen) atoms. The van der Waals surface area contributed by atoms with Gasteiger partial charge < -0.3 is 4.74 Å². The number of ether oxygens (including phenoxy) is 1. The van der Waals surface area contributed by atoms with Gasteiger partial charge in [0.05, 0.1) is 15.7 Å². The van der Waals surface area contributed by atoms with Crippen LogP contribution in [0.3, 0.4) is 0 Å². The van der Waals surface area contributed by atoms with E-state index in [-0.39, 0.29) is 0 Å². The molecule has 1 atom stereocenters. The van der Waals surface area contributed by atoms with E-state index < -0.39 is 0 Å². The first-order chi connectivity index (χ1) is 4.35. The normalized spacial score (nSPS) is 13.4. The molecule has 1 nitrogen and oxygen atoms in total. The summed E-state index contributed by atoms with van der Waals surface area (Å²) in [5.41, 5.74) is 0. The molecule has 0 saturated carbocycles. The molecule has 0 aromatic carbocycles. The van der Waals surface area contributed by atoms with Crippen molar-refractivity contribution in [3.8, 4) is 0 Å². The number of rotatable bonds is 5. The predicted octanol–water partition coefficient (Wildman–Crippen LogP) is 0.813. The van der Waals surface area contributed by atoms with E-state index in [0.717, 1.165) is 13.0 Å². The summed E-state index contributed by atoms with van der Waals surface area (Å²) >= 11 is 0. The highest BCUT2D eigenvalue weighted by Gasteiger charge is 2.01. The van der Waals surface area contributed by atoms with E-state index in [1.165, 1.54) is 0 Å². The van der Waals surface area contributed by atoms with Gasteiger partial charge in [0, 0.05) is 13.7 Å². The van der Waals surface area contributed by atoms with E-state index >= 15 is 0 Å². The summed E-state index contributed by atoms with van der Waals surface area (Å²) < 4.78 is 4.91. The molecule has 0 N–H and O–H groups in total. The maximum absolute atomic E-state index is 5.41. The molecule has 0 spiro atoms. The lowest BCUT2D eigenvalue weighted by molar-refractivity contribution is 0.158. The van der Waals surface area contributed by atoms with Crippen LogP contribution in [0.5, 0.6) is 0 Å². The highest BCUT2D eigenvalue weighted by atomic mass is 16.5. The minimum atomic E-state index is 0.444. The molecule has 0 aliphatic heterocycles. The van der Waals surface area contributed by atoms with Crippen LogP contribution >= 0.6 is 0 Å². The average Bonchev–Trinajstić information content (AvgIpc) is 1.88. The molecule has 0 rings (SSSR count). The van der Waals surface area contributed by atoms with E-state index in [9.17, 15) is 0 Å². The molecule has 0 heterocycles. The zero-order valence-electron chi connectivity index (χ0n) is 5.97. The average molecular weight is 122 g/mol. The number of methoxy groups -OCH3 is 1. The van der Waals surface area contributed by atoms with Crippen LogP contribution in [-0.2, 0) is 4.74 Å². The Bertz CT molecular complexity index is 53.0. The summed E-state index contributed by atoms with van der Waals surface area (Å²) in [5, 5.41) is 0. The van der Waals surface area contributed by atoms with Crippen LogP contribution in [0.1, 0.15) is 6.42 Å². The van der Waals surface area contributed by atoms with Gasteiger partial charge in [-0.1, -0.05) is 19.1 Å². The molecule has 0 aromatic rings. The molecule has 0 aliphatic carbocycles. The maximum Gasteiger partial charge on any atom is 0.0657 e. The lowest BCUT2D eigenvalue weighted by Gasteiger charge is -2.11. The van der Waals surface area contributed by atoms with Crippen molar-refractivity contribution in [2.75, 3.05) is 13.7 Å². The van der Waals surface area contributed by atoms with Gasteiger partial charge >= 0.3 is 0 Å². The lowest BCUT2D eigenvalue weighted by Crippen LogP contribution is -2.06. The Morgan fingerprint density at radius 2 is 2.11 bits per heavy atom. The third kappa shape index (κ3) is 4.58. The van der Waals surface area contributed by atoms with Gasteiger partial charge in [-0.2, -0.15) is 0 Å². The Hall–Kier alpha value is 0.0899. The third-order valence-corrected chi connectivity index (χ3v) is 1.31.